The highest BCUT2D eigenvalue weighted by atomic mass is 31.1. The van der Waals surface area contributed by atoms with E-state index in [9.17, 15) is 9.90 Å². The Kier molecular flexibility index (Phi) is 4.52. The second kappa shape index (κ2) is 5.57. The average Bonchev–Trinajstić information content (AvgIpc) is 2.70. The number of rotatable bonds is 4. The number of esters is 1. The summed E-state index contributed by atoms with van der Waals surface area (Å²) in [6.07, 6.45) is 5.91. The van der Waals surface area contributed by atoms with Crippen LogP contribution in [0.1, 0.15) is 65.7 Å². The maximum Gasteiger partial charge on any atom is 0.317 e. The summed E-state index contributed by atoms with van der Waals surface area (Å²) < 4.78 is 5.92. The molecule has 116 valence electrons. The number of hydrogen-bond donors (Lipinski definition) is 1. The van der Waals surface area contributed by atoms with Crippen LogP contribution in [0.15, 0.2) is 0 Å². The molecule has 0 amide bonds. The molecule has 20 heavy (non-hydrogen) atoms. The maximum atomic E-state index is 12.6. The van der Waals surface area contributed by atoms with Crippen molar-refractivity contribution in [1.82, 2.24) is 0 Å². The number of carbonyl (C=O) groups is 1. The van der Waals surface area contributed by atoms with E-state index < -0.39 is 11.2 Å². The first-order chi connectivity index (χ1) is 9.35. The fraction of sp³-hybridized carbons (Fsp3) is 0.938. The molecule has 1 heterocycles. The molecule has 1 saturated heterocycles. The zero-order valence-corrected chi connectivity index (χ0v) is 14.3. The summed E-state index contributed by atoms with van der Waals surface area (Å²) in [6.45, 7) is 8.47. The van der Waals surface area contributed by atoms with Gasteiger partial charge in [0, 0.05) is 12.8 Å². The Bertz CT molecular complexity index is 386. The predicted molar refractivity (Wildman–Crippen MR) is 83.6 cm³/mol. The Morgan fingerprint density at radius 3 is 2.60 bits per heavy atom. The molecule has 2 fully saturated rings. The topological polar surface area (TPSA) is 46.5 Å². The van der Waals surface area contributed by atoms with E-state index in [4.69, 9.17) is 4.74 Å². The summed E-state index contributed by atoms with van der Waals surface area (Å²) in [7, 11) is 0.574. The van der Waals surface area contributed by atoms with Gasteiger partial charge in [-0.1, -0.05) is 27.2 Å². The lowest BCUT2D eigenvalue weighted by Crippen LogP contribution is -2.46. The molecule has 0 bridgehead atoms. The summed E-state index contributed by atoms with van der Waals surface area (Å²) in [6, 6.07) is 0. The Balaban J connectivity index is 2.26. The highest BCUT2D eigenvalue weighted by molar-refractivity contribution is 7.40. The van der Waals surface area contributed by atoms with Crippen LogP contribution in [0.2, 0.25) is 0 Å². The number of aliphatic hydroxyl groups is 1. The van der Waals surface area contributed by atoms with Crippen LogP contribution >= 0.6 is 8.58 Å². The minimum atomic E-state index is -0.638. The molecule has 2 rings (SSSR count). The molecule has 1 saturated carbocycles. The normalized spacial score (nSPS) is 43.4. The highest BCUT2D eigenvalue weighted by Crippen LogP contribution is 2.56. The highest BCUT2D eigenvalue weighted by Gasteiger charge is 2.60. The van der Waals surface area contributed by atoms with E-state index >= 15 is 0 Å². The van der Waals surface area contributed by atoms with E-state index in [-0.39, 0.29) is 11.1 Å². The molecular formula is C16H29O3P. The van der Waals surface area contributed by atoms with Crippen molar-refractivity contribution in [2.24, 2.45) is 5.92 Å². The lowest BCUT2D eigenvalue weighted by atomic mass is 9.70. The standard InChI is InChI=1S/C16H29O3P/c1-5-12(3)16(20-4)11-15(19-13(16)17)9-7-8-14(18,6-2)10-15/h12,18,20H,5-11H2,1-4H3. The van der Waals surface area contributed by atoms with Crippen molar-refractivity contribution in [3.63, 3.8) is 0 Å². The molecule has 3 nitrogen and oxygen atoms in total. The van der Waals surface area contributed by atoms with E-state index in [1.807, 2.05) is 6.92 Å². The second-order valence-electron chi connectivity index (χ2n) is 6.89. The van der Waals surface area contributed by atoms with Crippen LogP contribution in [0, 0.1) is 5.92 Å². The Morgan fingerprint density at radius 1 is 1.35 bits per heavy atom. The smallest absolute Gasteiger partial charge is 0.317 e. The molecule has 0 aromatic carbocycles. The van der Waals surface area contributed by atoms with Gasteiger partial charge in [0.15, 0.2) is 0 Å². The number of carbonyl (C=O) groups excluding carboxylic acids is 1. The van der Waals surface area contributed by atoms with Gasteiger partial charge in [-0.05, 0) is 38.3 Å². The summed E-state index contributed by atoms with van der Waals surface area (Å²) >= 11 is 0. The predicted octanol–water partition coefficient (Wildman–Crippen LogP) is 3.48. The van der Waals surface area contributed by atoms with Crippen molar-refractivity contribution in [3.8, 4) is 0 Å². The van der Waals surface area contributed by atoms with Gasteiger partial charge in [-0.3, -0.25) is 4.79 Å². The molecule has 0 radical (unpaired) electrons. The molecule has 1 N–H and O–H groups in total. The van der Waals surface area contributed by atoms with Gasteiger partial charge in [0.25, 0.3) is 0 Å². The van der Waals surface area contributed by atoms with Gasteiger partial charge in [0.1, 0.15) is 5.60 Å². The molecule has 1 aliphatic carbocycles. The molecule has 0 aromatic rings. The molecule has 0 aromatic heterocycles. The van der Waals surface area contributed by atoms with Crippen LogP contribution in [0.25, 0.3) is 0 Å². The maximum absolute atomic E-state index is 12.6. The molecule has 4 heteroatoms. The van der Waals surface area contributed by atoms with Crippen molar-refractivity contribution in [3.05, 3.63) is 0 Å². The van der Waals surface area contributed by atoms with Crippen molar-refractivity contribution < 1.29 is 14.6 Å². The summed E-state index contributed by atoms with van der Waals surface area (Å²) in [5.41, 5.74) is -1.03. The summed E-state index contributed by atoms with van der Waals surface area (Å²) in [4.78, 5) is 12.6. The zero-order chi connectivity index (χ0) is 15.0. The zero-order valence-electron chi connectivity index (χ0n) is 13.3. The van der Waals surface area contributed by atoms with Crippen LogP contribution in [0.3, 0.4) is 0 Å². The van der Waals surface area contributed by atoms with Crippen molar-refractivity contribution in [1.29, 1.82) is 0 Å². The lowest BCUT2D eigenvalue weighted by molar-refractivity contribution is -0.161. The first-order valence-electron chi connectivity index (χ1n) is 8.00. The third-order valence-corrected chi connectivity index (χ3v) is 7.52. The Labute approximate surface area is 124 Å². The number of hydrogen-bond acceptors (Lipinski definition) is 3. The summed E-state index contributed by atoms with van der Waals surface area (Å²) in [5.74, 6) is 0.349. The van der Waals surface area contributed by atoms with Crippen molar-refractivity contribution in [2.45, 2.75) is 82.1 Å². The van der Waals surface area contributed by atoms with Gasteiger partial charge < -0.3 is 9.84 Å². The molecular weight excluding hydrogens is 271 g/mol. The van der Waals surface area contributed by atoms with Crippen LogP contribution in [-0.2, 0) is 9.53 Å². The van der Waals surface area contributed by atoms with Crippen LogP contribution in [0.5, 0.6) is 0 Å². The number of ether oxygens (including phenoxy) is 1. The second-order valence-corrected chi connectivity index (χ2v) is 8.28. The van der Waals surface area contributed by atoms with E-state index in [2.05, 4.69) is 20.5 Å². The van der Waals surface area contributed by atoms with E-state index in [0.717, 1.165) is 38.5 Å². The van der Waals surface area contributed by atoms with Gasteiger partial charge in [-0.15, -0.1) is 8.58 Å². The molecule has 2 aliphatic rings. The van der Waals surface area contributed by atoms with Gasteiger partial charge in [0.05, 0.1) is 10.8 Å². The van der Waals surface area contributed by atoms with Gasteiger partial charge in [0.2, 0.25) is 0 Å². The van der Waals surface area contributed by atoms with Crippen LogP contribution in [0.4, 0.5) is 0 Å². The largest absolute Gasteiger partial charge is 0.458 e. The van der Waals surface area contributed by atoms with Crippen LogP contribution in [-0.4, -0.2) is 34.1 Å². The monoisotopic (exact) mass is 300 g/mol. The Hall–Kier alpha value is -0.140. The van der Waals surface area contributed by atoms with E-state index in [0.29, 0.717) is 20.9 Å². The fourth-order valence-electron chi connectivity index (χ4n) is 4.12. The van der Waals surface area contributed by atoms with E-state index in [1.54, 1.807) is 0 Å². The minimum absolute atomic E-state index is 0.00645. The van der Waals surface area contributed by atoms with Gasteiger partial charge in [-0.2, -0.15) is 0 Å². The quantitative estimate of drug-likeness (QED) is 0.638. The van der Waals surface area contributed by atoms with Crippen LogP contribution < -0.4 is 0 Å². The average molecular weight is 300 g/mol. The van der Waals surface area contributed by atoms with E-state index in [1.165, 1.54) is 0 Å². The summed E-state index contributed by atoms with van der Waals surface area (Å²) in [5, 5.41) is 10.3. The fourth-order valence-corrected chi connectivity index (χ4v) is 5.57. The SMILES string of the molecule is CCC(C)C1(PC)CC2(CCCC(O)(CC)C2)OC1=O. The first kappa shape index (κ1) is 16.2. The third kappa shape index (κ3) is 2.52. The molecule has 5 unspecified atom stereocenters. The lowest BCUT2D eigenvalue weighted by Gasteiger charge is -2.42. The molecule has 5 atom stereocenters. The third-order valence-electron chi connectivity index (χ3n) is 5.76. The first-order valence-corrected chi connectivity index (χ1v) is 9.50. The molecule has 1 aliphatic heterocycles. The van der Waals surface area contributed by atoms with Gasteiger partial charge in [-0.25, -0.2) is 0 Å². The molecule has 1 spiro atoms. The van der Waals surface area contributed by atoms with Gasteiger partial charge >= 0.3 is 5.97 Å². The van der Waals surface area contributed by atoms with Crippen molar-refractivity contribution in [2.75, 3.05) is 6.66 Å². The van der Waals surface area contributed by atoms with Crippen molar-refractivity contribution >= 4 is 14.6 Å². The minimum Gasteiger partial charge on any atom is -0.458 e. The Morgan fingerprint density at radius 2 is 2.05 bits per heavy atom.